The Balaban J connectivity index is 1.40. The molecule has 2 heterocycles. The molecule has 1 N–H and O–H groups in total. The van der Waals surface area contributed by atoms with Crippen molar-refractivity contribution in [3.05, 3.63) is 90.2 Å². The number of nitrogens with one attached hydrogen (secondary N) is 1. The van der Waals surface area contributed by atoms with Crippen molar-refractivity contribution < 1.29 is 18.7 Å². The molecule has 0 atom stereocenters. The molecule has 2 amide bonds. The summed E-state index contributed by atoms with van der Waals surface area (Å²) in [4.78, 5) is 34.2. The maximum atomic E-state index is 14.2. The van der Waals surface area contributed by atoms with E-state index in [1.54, 1.807) is 48.2 Å². The number of carbonyl (C=O) groups is 2. The summed E-state index contributed by atoms with van der Waals surface area (Å²) in [6.45, 7) is 2.37. The fourth-order valence-electron chi connectivity index (χ4n) is 3.21. The summed E-state index contributed by atoms with van der Waals surface area (Å²) in [5.41, 5.74) is 1.12. The first-order valence-electron chi connectivity index (χ1n) is 10.7. The maximum absolute atomic E-state index is 14.2. The van der Waals surface area contributed by atoms with Gasteiger partial charge in [-0.1, -0.05) is 24.3 Å². The monoisotopic (exact) mass is 491 g/mol. The van der Waals surface area contributed by atoms with Crippen LogP contribution in [0.25, 0.3) is 6.08 Å². The number of rotatable bonds is 9. The fraction of sp³-hybridized carbons (Fsp3) is 0.120. The average Bonchev–Trinajstić information content (AvgIpc) is 3.53. The molecule has 0 unspecified atom stereocenters. The zero-order valence-electron chi connectivity index (χ0n) is 18.8. The first kappa shape index (κ1) is 23.8. The standard InChI is InChI=1S/C25H22FN5O3S/c1-18(32)31(22-8-4-2-6-20(22)26)25-28-19(16-35-25)10-11-24(33)29-21-7-3-5-9-23(21)34-15-14-30-13-12-27-17-30/h2-13,16-17H,14-15H2,1H3,(H,29,33)/b11-10+. The first-order chi connectivity index (χ1) is 17.0. The first-order valence-corrected chi connectivity index (χ1v) is 11.6. The minimum absolute atomic E-state index is 0.118. The third kappa shape index (κ3) is 6.18. The van der Waals surface area contributed by atoms with Gasteiger partial charge in [0.1, 0.15) is 18.2 Å². The highest BCUT2D eigenvalue weighted by Crippen LogP contribution is 2.31. The zero-order chi connectivity index (χ0) is 24.6. The summed E-state index contributed by atoms with van der Waals surface area (Å²) in [6.07, 6.45) is 8.11. The molecular weight excluding hydrogens is 469 g/mol. The predicted octanol–water partition coefficient (Wildman–Crippen LogP) is 4.89. The van der Waals surface area contributed by atoms with Gasteiger partial charge in [-0.25, -0.2) is 14.4 Å². The number of carbonyl (C=O) groups excluding carboxylic acids is 2. The van der Waals surface area contributed by atoms with Crippen LogP contribution in [0.2, 0.25) is 0 Å². The number of aromatic nitrogens is 3. The smallest absolute Gasteiger partial charge is 0.248 e. The quantitative estimate of drug-likeness (QED) is 0.337. The third-order valence-electron chi connectivity index (χ3n) is 4.83. The molecule has 4 rings (SSSR count). The number of benzene rings is 2. The van der Waals surface area contributed by atoms with Crippen molar-refractivity contribution in [2.24, 2.45) is 0 Å². The second kappa shape index (κ2) is 11.2. The van der Waals surface area contributed by atoms with Crippen LogP contribution in [0.15, 0.2) is 78.7 Å². The van der Waals surface area contributed by atoms with E-state index in [2.05, 4.69) is 15.3 Å². The highest BCUT2D eigenvalue weighted by Gasteiger charge is 2.20. The molecular formula is C25H22FN5O3S. The lowest BCUT2D eigenvalue weighted by Crippen LogP contribution is -2.23. The molecule has 2 aromatic carbocycles. The number of hydrogen-bond acceptors (Lipinski definition) is 6. The molecule has 0 bridgehead atoms. The van der Waals surface area contributed by atoms with E-state index in [0.717, 1.165) is 0 Å². The normalized spacial score (nSPS) is 10.9. The Morgan fingerprint density at radius 2 is 2.00 bits per heavy atom. The van der Waals surface area contributed by atoms with Crippen molar-refractivity contribution in [2.45, 2.75) is 13.5 Å². The Hall–Kier alpha value is -4.31. The molecule has 0 spiro atoms. The van der Waals surface area contributed by atoms with Gasteiger partial charge in [-0.2, -0.15) is 0 Å². The molecule has 0 saturated heterocycles. The van der Waals surface area contributed by atoms with E-state index in [4.69, 9.17) is 4.74 Å². The SMILES string of the molecule is CC(=O)N(c1nc(/C=C/C(=O)Nc2ccccc2OCCn2ccnc2)cs1)c1ccccc1F. The molecule has 0 aliphatic rings. The van der Waals surface area contributed by atoms with Crippen molar-refractivity contribution in [2.75, 3.05) is 16.8 Å². The minimum Gasteiger partial charge on any atom is -0.490 e. The lowest BCUT2D eigenvalue weighted by atomic mass is 10.3. The van der Waals surface area contributed by atoms with Crippen LogP contribution in [0.4, 0.5) is 20.9 Å². The van der Waals surface area contributed by atoms with E-state index in [9.17, 15) is 14.0 Å². The molecule has 8 nitrogen and oxygen atoms in total. The van der Waals surface area contributed by atoms with Crippen molar-refractivity contribution in [3.8, 4) is 5.75 Å². The Labute approximate surface area is 205 Å². The molecule has 10 heteroatoms. The van der Waals surface area contributed by atoms with Crippen molar-refractivity contribution in [1.29, 1.82) is 0 Å². The van der Waals surface area contributed by atoms with Gasteiger partial charge in [0.15, 0.2) is 5.13 Å². The number of para-hydroxylation sites is 3. The third-order valence-corrected chi connectivity index (χ3v) is 5.67. The maximum Gasteiger partial charge on any atom is 0.248 e. The molecule has 2 aromatic heterocycles. The highest BCUT2D eigenvalue weighted by molar-refractivity contribution is 7.14. The van der Waals surface area contributed by atoms with Crippen LogP contribution in [0, 0.1) is 5.82 Å². The molecule has 178 valence electrons. The van der Waals surface area contributed by atoms with Gasteiger partial charge >= 0.3 is 0 Å². The number of hydrogen-bond donors (Lipinski definition) is 1. The minimum atomic E-state index is -0.528. The van der Waals surface area contributed by atoms with Gasteiger partial charge in [0.05, 0.1) is 29.9 Å². The zero-order valence-corrected chi connectivity index (χ0v) is 19.6. The predicted molar refractivity (Wildman–Crippen MR) is 133 cm³/mol. The summed E-state index contributed by atoms with van der Waals surface area (Å²) in [7, 11) is 0. The van der Waals surface area contributed by atoms with Gasteiger partial charge in [0, 0.05) is 30.8 Å². The Morgan fingerprint density at radius 3 is 2.77 bits per heavy atom. The molecule has 0 radical (unpaired) electrons. The lowest BCUT2D eigenvalue weighted by Gasteiger charge is -2.18. The molecule has 0 aliphatic heterocycles. The topological polar surface area (TPSA) is 89.4 Å². The van der Waals surface area contributed by atoms with Crippen molar-refractivity contribution >= 4 is 45.7 Å². The van der Waals surface area contributed by atoms with Gasteiger partial charge in [0.2, 0.25) is 11.8 Å². The van der Waals surface area contributed by atoms with E-state index in [-0.39, 0.29) is 17.5 Å². The average molecular weight is 492 g/mol. The van der Waals surface area contributed by atoms with E-state index < -0.39 is 5.82 Å². The molecule has 0 fully saturated rings. The van der Waals surface area contributed by atoms with Crippen LogP contribution in [0.1, 0.15) is 12.6 Å². The van der Waals surface area contributed by atoms with Crippen molar-refractivity contribution in [1.82, 2.24) is 14.5 Å². The molecule has 35 heavy (non-hydrogen) atoms. The van der Waals surface area contributed by atoms with Gasteiger partial charge in [-0.15, -0.1) is 11.3 Å². The summed E-state index contributed by atoms with van der Waals surface area (Å²) in [5.74, 6) is -0.724. The second-order valence-electron chi connectivity index (χ2n) is 7.33. The second-order valence-corrected chi connectivity index (χ2v) is 8.17. The highest BCUT2D eigenvalue weighted by atomic mass is 32.1. The van der Waals surface area contributed by atoms with Crippen LogP contribution in [-0.2, 0) is 16.1 Å². The van der Waals surface area contributed by atoms with E-state index >= 15 is 0 Å². The van der Waals surface area contributed by atoms with Gasteiger partial charge in [-0.05, 0) is 30.3 Å². The van der Waals surface area contributed by atoms with E-state index in [1.807, 2.05) is 16.8 Å². The largest absolute Gasteiger partial charge is 0.490 e. The summed E-state index contributed by atoms with van der Waals surface area (Å²) >= 11 is 1.17. The van der Waals surface area contributed by atoms with Gasteiger partial charge in [-0.3, -0.25) is 14.5 Å². The Bertz CT molecular complexity index is 1340. The number of nitrogens with zero attached hydrogens (tertiary/aromatic N) is 4. The number of amides is 2. The molecule has 4 aromatic rings. The van der Waals surface area contributed by atoms with Crippen LogP contribution in [0.3, 0.4) is 0 Å². The summed E-state index contributed by atoms with van der Waals surface area (Å²) in [5, 5.41) is 4.79. The Kier molecular flexibility index (Phi) is 7.63. The van der Waals surface area contributed by atoms with E-state index in [1.165, 1.54) is 47.4 Å². The number of thiazole rings is 1. The summed E-state index contributed by atoms with van der Waals surface area (Å²) < 4.78 is 21.9. The fourth-order valence-corrected chi connectivity index (χ4v) is 4.06. The number of imidazole rings is 1. The van der Waals surface area contributed by atoms with Crippen molar-refractivity contribution in [3.63, 3.8) is 0 Å². The van der Waals surface area contributed by atoms with Crippen LogP contribution >= 0.6 is 11.3 Å². The van der Waals surface area contributed by atoms with E-state index in [0.29, 0.717) is 35.4 Å². The van der Waals surface area contributed by atoms with Crippen LogP contribution < -0.4 is 15.0 Å². The molecule has 0 aliphatic carbocycles. The van der Waals surface area contributed by atoms with Crippen LogP contribution in [-0.4, -0.2) is 33.0 Å². The number of ether oxygens (including phenoxy) is 1. The van der Waals surface area contributed by atoms with Gasteiger partial charge in [0.25, 0.3) is 0 Å². The summed E-state index contributed by atoms with van der Waals surface area (Å²) in [6, 6.07) is 13.1. The van der Waals surface area contributed by atoms with Crippen LogP contribution in [0.5, 0.6) is 5.75 Å². The molecule has 0 saturated carbocycles. The number of halogens is 1. The Morgan fingerprint density at radius 1 is 1.20 bits per heavy atom. The lowest BCUT2D eigenvalue weighted by molar-refractivity contribution is -0.116. The van der Waals surface area contributed by atoms with Gasteiger partial charge < -0.3 is 14.6 Å². The number of anilines is 3.